The van der Waals surface area contributed by atoms with Gasteiger partial charge < -0.3 is 4.74 Å². The lowest BCUT2D eigenvalue weighted by molar-refractivity contribution is -0.123. The molecule has 0 amide bonds. The van der Waals surface area contributed by atoms with Gasteiger partial charge in [-0.3, -0.25) is 14.2 Å². The Morgan fingerprint density at radius 2 is 1.66 bits per heavy atom. The van der Waals surface area contributed by atoms with Crippen molar-refractivity contribution in [3.63, 3.8) is 0 Å². The summed E-state index contributed by atoms with van der Waals surface area (Å²) < 4.78 is 7.41. The molecule has 5 rings (SSSR count). The number of hydrogen-bond donors (Lipinski definition) is 0. The third-order valence-corrected chi connectivity index (χ3v) is 7.50. The van der Waals surface area contributed by atoms with Crippen molar-refractivity contribution in [1.82, 2.24) is 4.57 Å². The van der Waals surface area contributed by atoms with E-state index >= 15 is 0 Å². The molecule has 1 aliphatic rings. The van der Waals surface area contributed by atoms with Gasteiger partial charge in [-0.05, 0) is 66.8 Å². The van der Waals surface area contributed by atoms with Gasteiger partial charge >= 0.3 is 0 Å². The molecule has 0 saturated heterocycles. The van der Waals surface area contributed by atoms with E-state index in [2.05, 4.69) is 0 Å². The van der Waals surface area contributed by atoms with Crippen LogP contribution in [0.2, 0.25) is 0 Å². The number of aromatic nitrogens is 1. The van der Waals surface area contributed by atoms with Crippen molar-refractivity contribution in [1.29, 1.82) is 0 Å². The lowest BCUT2D eigenvalue weighted by Gasteiger charge is -2.25. The largest absolute Gasteiger partial charge is 0.497 e. The van der Waals surface area contributed by atoms with Crippen LogP contribution in [0.1, 0.15) is 45.5 Å². The maximum atomic E-state index is 13.9. The number of carbonyl (C=O) groups excluding carboxylic acids is 1. The number of thiazole rings is 1. The van der Waals surface area contributed by atoms with Gasteiger partial charge in [-0.1, -0.05) is 71.5 Å². The number of benzene rings is 3. The third-order valence-electron chi connectivity index (χ3n) is 6.50. The van der Waals surface area contributed by atoms with Gasteiger partial charge in [-0.15, -0.1) is 0 Å². The lowest BCUT2D eigenvalue weighted by Crippen LogP contribution is -2.43. The van der Waals surface area contributed by atoms with E-state index < -0.39 is 12.1 Å². The van der Waals surface area contributed by atoms with E-state index in [0.717, 1.165) is 33.4 Å². The van der Waals surface area contributed by atoms with Crippen LogP contribution in [-0.4, -0.2) is 17.5 Å². The van der Waals surface area contributed by atoms with Gasteiger partial charge in [-0.2, -0.15) is 0 Å². The van der Waals surface area contributed by atoms with E-state index in [1.807, 2.05) is 93.6 Å². The highest BCUT2D eigenvalue weighted by atomic mass is 32.1. The Bertz CT molecular complexity index is 1610. The van der Waals surface area contributed by atoms with Gasteiger partial charge in [-0.25, -0.2) is 4.99 Å². The highest BCUT2D eigenvalue weighted by Gasteiger charge is 2.36. The highest BCUT2D eigenvalue weighted by Crippen LogP contribution is 2.31. The molecule has 0 N–H and O–H groups in total. The molecule has 4 aromatic rings. The predicted octanol–water partition coefficient (Wildman–Crippen LogP) is 4.21. The Morgan fingerprint density at radius 3 is 2.37 bits per heavy atom. The normalized spacial score (nSPS) is 17.7. The molecule has 1 aliphatic heterocycles. The average Bonchev–Trinajstić information content (AvgIpc) is 3.16. The molecule has 2 unspecified atom stereocenters. The van der Waals surface area contributed by atoms with Crippen molar-refractivity contribution < 1.29 is 9.53 Å². The molecule has 5 nitrogen and oxygen atoms in total. The van der Waals surface area contributed by atoms with Crippen molar-refractivity contribution >= 4 is 23.2 Å². The van der Waals surface area contributed by atoms with Crippen LogP contribution in [0.5, 0.6) is 5.75 Å². The number of carbonyl (C=O) groups is 1. The molecule has 0 fully saturated rings. The number of ketones is 1. The number of fused-ring (bicyclic) bond motifs is 1. The van der Waals surface area contributed by atoms with E-state index in [9.17, 15) is 9.59 Å². The van der Waals surface area contributed by atoms with Crippen LogP contribution in [0.15, 0.2) is 76.5 Å². The maximum absolute atomic E-state index is 13.9. The first-order valence-electron chi connectivity index (χ1n) is 11.5. The van der Waals surface area contributed by atoms with Crippen LogP contribution >= 0.6 is 11.3 Å². The molecule has 176 valence electrons. The second kappa shape index (κ2) is 9.12. The first-order valence-corrected chi connectivity index (χ1v) is 12.3. The Labute approximate surface area is 207 Å². The number of aryl methyl sites for hydroxylation is 3. The van der Waals surface area contributed by atoms with E-state index in [1.54, 1.807) is 11.7 Å². The van der Waals surface area contributed by atoms with Gasteiger partial charge in [0.2, 0.25) is 0 Å². The summed E-state index contributed by atoms with van der Waals surface area (Å²) in [4.78, 5) is 32.9. The molecule has 0 aliphatic carbocycles. The Kier molecular flexibility index (Phi) is 5.99. The molecule has 1 aromatic heterocycles. The van der Waals surface area contributed by atoms with E-state index in [-0.39, 0.29) is 11.3 Å². The molecule has 0 spiro atoms. The Hall–Kier alpha value is -3.77. The van der Waals surface area contributed by atoms with Crippen LogP contribution < -0.4 is 19.6 Å². The van der Waals surface area contributed by atoms with Crippen molar-refractivity contribution in [3.8, 4) is 5.75 Å². The summed E-state index contributed by atoms with van der Waals surface area (Å²) in [7, 11) is 1.61. The van der Waals surface area contributed by atoms with Crippen molar-refractivity contribution in [2.75, 3.05) is 7.11 Å². The zero-order valence-corrected chi connectivity index (χ0v) is 20.9. The van der Waals surface area contributed by atoms with Gasteiger partial charge in [0.1, 0.15) is 17.8 Å². The first-order chi connectivity index (χ1) is 16.9. The molecule has 0 bridgehead atoms. The van der Waals surface area contributed by atoms with Gasteiger partial charge in [0, 0.05) is 0 Å². The number of ether oxygens (including phenoxy) is 1. The monoisotopic (exact) mass is 482 g/mol. The minimum Gasteiger partial charge on any atom is -0.497 e. The molecule has 0 saturated carbocycles. The Balaban J connectivity index is 1.74. The molecule has 2 heterocycles. The predicted molar refractivity (Wildman–Crippen MR) is 139 cm³/mol. The fraction of sp³-hybridized carbons (Fsp3) is 0.207. The van der Waals surface area contributed by atoms with Crippen molar-refractivity contribution in [2.24, 2.45) is 4.99 Å². The van der Waals surface area contributed by atoms with E-state index in [4.69, 9.17) is 9.73 Å². The fourth-order valence-corrected chi connectivity index (χ4v) is 5.40. The quantitative estimate of drug-likeness (QED) is 0.438. The van der Waals surface area contributed by atoms with Gasteiger partial charge in [0.25, 0.3) is 5.56 Å². The maximum Gasteiger partial charge on any atom is 0.271 e. The molecule has 0 radical (unpaired) electrons. The first kappa shape index (κ1) is 23.0. The SMILES string of the molecule is COc1cccc(/C=c2\sc3n(c2=O)C(c2ccc(C)cc2)C(=O)C(c2ccc(C)c(C)c2)N=3)c1. The summed E-state index contributed by atoms with van der Waals surface area (Å²) >= 11 is 1.31. The summed E-state index contributed by atoms with van der Waals surface area (Å²) in [6.45, 7) is 6.08. The van der Waals surface area contributed by atoms with E-state index in [0.29, 0.717) is 15.1 Å². The van der Waals surface area contributed by atoms with Gasteiger partial charge in [0.15, 0.2) is 10.6 Å². The minimum atomic E-state index is -0.731. The molecule has 3 aromatic carbocycles. The molecule has 35 heavy (non-hydrogen) atoms. The zero-order valence-electron chi connectivity index (χ0n) is 20.1. The van der Waals surface area contributed by atoms with Crippen LogP contribution in [0, 0.1) is 20.8 Å². The summed E-state index contributed by atoms with van der Waals surface area (Å²) in [5.41, 5.74) is 5.64. The van der Waals surface area contributed by atoms with Crippen molar-refractivity contribution in [3.05, 3.63) is 120 Å². The second-order valence-corrected chi connectivity index (χ2v) is 9.95. The van der Waals surface area contributed by atoms with Crippen LogP contribution in [0.25, 0.3) is 6.08 Å². The average molecular weight is 483 g/mol. The minimum absolute atomic E-state index is 0.0996. The number of nitrogens with zero attached hydrogens (tertiary/aromatic N) is 2. The second-order valence-electron chi connectivity index (χ2n) is 8.94. The fourth-order valence-electron chi connectivity index (χ4n) is 4.37. The summed E-state index contributed by atoms with van der Waals surface area (Å²) in [5.74, 6) is 0.616. The summed E-state index contributed by atoms with van der Waals surface area (Å²) in [5, 5.41) is 0. The smallest absolute Gasteiger partial charge is 0.271 e. The van der Waals surface area contributed by atoms with Crippen LogP contribution in [0.3, 0.4) is 0 Å². The molecular weight excluding hydrogens is 456 g/mol. The van der Waals surface area contributed by atoms with E-state index in [1.165, 1.54) is 11.3 Å². The molecular formula is C29H26N2O3S. The Morgan fingerprint density at radius 1 is 0.914 bits per heavy atom. The lowest BCUT2D eigenvalue weighted by atomic mass is 9.91. The van der Waals surface area contributed by atoms with Crippen molar-refractivity contribution in [2.45, 2.75) is 32.9 Å². The molecule has 2 atom stereocenters. The summed E-state index contributed by atoms with van der Waals surface area (Å²) in [6.07, 6.45) is 1.83. The van der Waals surface area contributed by atoms with Crippen LogP contribution in [-0.2, 0) is 4.79 Å². The highest BCUT2D eigenvalue weighted by molar-refractivity contribution is 7.07. The standard InChI is InChI=1S/C29H26N2O3S/c1-17-8-11-21(12-9-17)26-27(32)25(22-13-10-18(2)19(3)14-22)30-29-31(26)28(33)24(35-29)16-20-6-5-7-23(15-20)34-4/h5-16,25-26H,1-4H3/b24-16-. The zero-order chi connectivity index (χ0) is 24.7. The molecule has 6 heteroatoms. The number of rotatable bonds is 4. The number of hydrogen-bond acceptors (Lipinski definition) is 5. The van der Waals surface area contributed by atoms with Gasteiger partial charge in [0.05, 0.1) is 11.6 Å². The van der Waals surface area contributed by atoms with Crippen LogP contribution in [0.4, 0.5) is 0 Å². The number of Topliss-reactive ketones (excluding diaryl/α,β-unsaturated/α-hetero) is 1. The third kappa shape index (κ3) is 4.26. The summed E-state index contributed by atoms with van der Waals surface area (Å²) in [6, 6.07) is 20.0. The number of methoxy groups -OCH3 is 1. The topological polar surface area (TPSA) is 60.7 Å².